The van der Waals surface area contributed by atoms with Crippen molar-refractivity contribution in [1.82, 2.24) is 15.0 Å². The smallest absolute Gasteiger partial charge is 0.255 e. The highest BCUT2D eigenvalue weighted by Crippen LogP contribution is 2.31. The van der Waals surface area contributed by atoms with Crippen molar-refractivity contribution < 1.29 is 9.26 Å². The van der Waals surface area contributed by atoms with Gasteiger partial charge in [0.15, 0.2) is 5.82 Å². The van der Waals surface area contributed by atoms with E-state index in [9.17, 15) is 0 Å². The molecule has 2 saturated heterocycles. The van der Waals surface area contributed by atoms with E-state index in [-0.39, 0.29) is 24.6 Å². The minimum Gasteiger partial charge on any atom is -0.364 e. The Bertz CT molecular complexity index is 437. The van der Waals surface area contributed by atoms with Crippen molar-refractivity contribution in [1.29, 1.82) is 0 Å². The van der Waals surface area contributed by atoms with Crippen molar-refractivity contribution >= 4 is 12.4 Å². The third kappa shape index (κ3) is 4.65. The van der Waals surface area contributed by atoms with Gasteiger partial charge in [-0.1, -0.05) is 11.6 Å². The average molecular weight is 331 g/mol. The predicted molar refractivity (Wildman–Crippen MR) is 86.1 cm³/mol. The molecule has 2 atom stereocenters. The number of ether oxygens (including phenoxy) is 1. The molecular formula is C15H27ClN4O2. The molecule has 0 bridgehead atoms. The van der Waals surface area contributed by atoms with Crippen LogP contribution in [0, 0.1) is 0 Å². The maximum atomic E-state index is 5.78. The van der Waals surface area contributed by atoms with E-state index >= 15 is 0 Å². The zero-order valence-electron chi connectivity index (χ0n) is 13.1. The van der Waals surface area contributed by atoms with Gasteiger partial charge in [-0.05, 0) is 51.7 Å². The lowest BCUT2D eigenvalue weighted by Crippen LogP contribution is -2.30. The number of nitrogens with zero attached hydrogens (tertiary/aromatic N) is 3. The van der Waals surface area contributed by atoms with Gasteiger partial charge in [-0.3, -0.25) is 0 Å². The molecule has 0 aliphatic carbocycles. The maximum absolute atomic E-state index is 5.78. The first-order valence-electron chi connectivity index (χ1n) is 8.25. The molecule has 2 aliphatic heterocycles. The second-order valence-electron chi connectivity index (χ2n) is 6.11. The second-order valence-corrected chi connectivity index (χ2v) is 6.11. The third-order valence-electron chi connectivity index (χ3n) is 4.45. The van der Waals surface area contributed by atoms with E-state index in [1.165, 1.54) is 32.4 Å². The van der Waals surface area contributed by atoms with Crippen molar-refractivity contribution in [3.63, 3.8) is 0 Å². The molecule has 1 aromatic rings. The van der Waals surface area contributed by atoms with Crippen molar-refractivity contribution in [3.05, 3.63) is 11.7 Å². The van der Waals surface area contributed by atoms with E-state index in [0.29, 0.717) is 12.4 Å². The SMILES string of the molecule is Cl.NCC1CCC(c2nc(CCCN3CCCCC3)no2)O1. The summed E-state index contributed by atoms with van der Waals surface area (Å²) in [5, 5.41) is 4.08. The molecule has 22 heavy (non-hydrogen) atoms. The zero-order valence-corrected chi connectivity index (χ0v) is 13.9. The van der Waals surface area contributed by atoms with Crippen LogP contribution in [0.4, 0.5) is 0 Å². The van der Waals surface area contributed by atoms with Gasteiger partial charge < -0.3 is 19.9 Å². The molecule has 0 saturated carbocycles. The summed E-state index contributed by atoms with van der Waals surface area (Å²) in [7, 11) is 0. The molecular weight excluding hydrogens is 304 g/mol. The lowest BCUT2D eigenvalue weighted by molar-refractivity contribution is 0.0307. The molecule has 2 fully saturated rings. The predicted octanol–water partition coefficient (Wildman–Crippen LogP) is 2.09. The first-order valence-corrected chi connectivity index (χ1v) is 8.25. The van der Waals surface area contributed by atoms with Crippen LogP contribution in [0.15, 0.2) is 4.52 Å². The van der Waals surface area contributed by atoms with Crippen molar-refractivity contribution in [2.45, 2.75) is 57.2 Å². The van der Waals surface area contributed by atoms with Gasteiger partial charge in [0, 0.05) is 13.0 Å². The summed E-state index contributed by atoms with van der Waals surface area (Å²) in [5.41, 5.74) is 5.62. The van der Waals surface area contributed by atoms with Gasteiger partial charge in [0.1, 0.15) is 6.10 Å². The summed E-state index contributed by atoms with van der Waals surface area (Å²) in [4.78, 5) is 7.02. The molecule has 6 nitrogen and oxygen atoms in total. The third-order valence-corrected chi connectivity index (χ3v) is 4.45. The number of halogens is 1. The number of aryl methyl sites for hydroxylation is 1. The molecule has 2 unspecified atom stereocenters. The Balaban J connectivity index is 0.00000176. The summed E-state index contributed by atoms with van der Waals surface area (Å²) in [6.45, 7) is 4.19. The fourth-order valence-electron chi connectivity index (χ4n) is 3.20. The fraction of sp³-hybridized carbons (Fsp3) is 0.867. The number of rotatable bonds is 6. The van der Waals surface area contributed by atoms with E-state index in [1.807, 2.05) is 0 Å². The Labute approximate surface area is 138 Å². The minimum absolute atomic E-state index is 0. The zero-order chi connectivity index (χ0) is 14.5. The number of hydrogen-bond acceptors (Lipinski definition) is 6. The van der Waals surface area contributed by atoms with Crippen molar-refractivity contribution in [2.24, 2.45) is 5.73 Å². The van der Waals surface area contributed by atoms with Crippen LogP contribution < -0.4 is 5.73 Å². The minimum atomic E-state index is -0.0538. The topological polar surface area (TPSA) is 77.4 Å². The Morgan fingerprint density at radius 1 is 1.18 bits per heavy atom. The van der Waals surface area contributed by atoms with Gasteiger partial charge in [-0.2, -0.15) is 4.98 Å². The number of likely N-dealkylation sites (tertiary alicyclic amines) is 1. The second kappa shape index (κ2) is 8.82. The Morgan fingerprint density at radius 2 is 2.00 bits per heavy atom. The molecule has 7 heteroatoms. The number of hydrogen-bond donors (Lipinski definition) is 1. The van der Waals surface area contributed by atoms with Crippen LogP contribution in [-0.4, -0.2) is 47.3 Å². The van der Waals surface area contributed by atoms with Crippen molar-refractivity contribution in [3.8, 4) is 0 Å². The molecule has 0 radical (unpaired) electrons. The van der Waals surface area contributed by atoms with Crippen molar-refractivity contribution in [2.75, 3.05) is 26.2 Å². The standard InChI is InChI=1S/C15H26N4O2.ClH/c16-11-12-6-7-13(20-12)15-17-14(18-21-15)5-4-10-19-8-2-1-3-9-19;/h12-13H,1-11,16H2;1H. The van der Waals surface area contributed by atoms with E-state index in [2.05, 4.69) is 15.0 Å². The summed E-state index contributed by atoms with van der Waals surface area (Å²) in [6, 6.07) is 0. The Hall–Kier alpha value is -0.690. The fourth-order valence-corrected chi connectivity index (χ4v) is 3.20. The van der Waals surface area contributed by atoms with Crippen LogP contribution in [0.1, 0.15) is 56.3 Å². The molecule has 0 aromatic carbocycles. The Kier molecular flexibility index (Phi) is 7.08. The van der Waals surface area contributed by atoms with Crippen LogP contribution in [0.25, 0.3) is 0 Å². The van der Waals surface area contributed by atoms with Crippen LogP contribution in [0.5, 0.6) is 0 Å². The molecule has 3 rings (SSSR count). The van der Waals surface area contributed by atoms with E-state index in [4.69, 9.17) is 15.0 Å². The quantitative estimate of drug-likeness (QED) is 0.860. The van der Waals surface area contributed by atoms with Gasteiger partial charge in [0.25, 0.3) is 5.89 Å². The number of nitrogens with two attached hydrogens (primary N) is 1. The monoisotopic (exact) mass is 330 g/mol. The van der Waals surface area contributed by atoms with E-state index in [1.54, 1.807) is 0 Å². The van der Waals surface area contributed by atoms with Gasteiger partial charge in [0.05, 0.1) is 6.10 Å². The number of piperidine rings is 1. The first kappa shape index (κ1) is 17.7. The first-order chi connectivity index (χ1) is 10.3. The van der Waals surface area contributed by atoms with Gasteiger partial charge >= 0.3 is 0 Å². The van der Waals surface area contributed by atoms with Gasteiger partial charge in [-0.15, -0.1) is 12.4 Å². The Morgan fingerprint density at radius 3 is 2.73 bits per heavy atom. The molecule has 2 aliphatic rings. The van der Waals surface area contributed by atoms with E-state index in [0.717, 1.165) is 38.1 Å². The average Bonchev–Trinajstić information content (AvgIpc) is 3.17. The lowest BCUT2D eigenvalue weighted by atomic mass is 10.1. The van der Waals surface area contributed by atoms with Crippen LogP contribution >= 0.6 is 12.4 Å². The van der Waals surface area contributed by atoms with Gasteiger partial charge in [-0.25, -0.2) is 0 Å². The van der Waals surface area contributed by atoms with Gasteiger partial charge in [0.2, 0.25) is 0 Å². The highest BCUT2D eigenvalue weighted by atomic mass is 35.5. The lowest BCUT2D eigenvalue weighted by Gasteiger charge is -2.25. The molecule has 1 aromatic heterocycles. The highest BCUT2D eigenvalue weighted by Gasteiger charge is 2.29. The molecule has 126 valence electrons. The van der Waals surface area contributed by atoms with Crippen LogP contribution in [0.2, 0.25) is 0 Å². The number of aromatic nitrogens is 2. The van der Waals surface area contributed by atoms with E-state index < -0.39 is 0 Å². The summed E-state index contributed by atoms with van der Waals surface area (Å²) in [6.07, 6.45) is 8.04. The normalized spacial score (nSPS) is 26.0. The molecule has 3 heterocycles. The summed E-state index contributed by atoms with van der Waals surface area (Å²) < 4.78 is 11.1. The van der Waals surface area contributed by atoms with Crippen LogP contribution in [0.3, 0.4) is 0 Å². The molecule has 0 amide bonds. The maximum Gasteiger partial charge on any atom is 0.255 e. The summed E-state index contributed by atoms with van der Waals surface area (Å²) in [5.74, 6) is 1.43. The molecule has 2 N–H and O–H groups in total. The molecule has 0 spiro atoms. The summed E-state index contributed by atoms with van der Waals surface area (Å²) >= 11 is 0. The highest BCUT2D eigenvalue weighted by molar-refractivity contribution is 5.85. The van der Waals surface area contributed by atoms with Crippen LogP contribution in [-0.2, 0) is 11.2 Å². The largest absolute Gasteiger partial charge is 0.364 e.